The highest BCUT2D eigenvalue weighted by molar-refractivity contribution is 7.80. The Morgan fingerprint density at radius 2 is 2.17 bits per heavy atom. The van der Waals surface area contributed by atoms with Crippen LogP contribution in [-0.4, -0.2) is 35.5 Å². The van der Waals surface area contributed by atoms with Crippen molar-refractivity contribution in [1.82, 2.24) is 4.90 Å². The van der Waals surface area contributed by atoms with Crippen molar-refractivity contribution in [2.24, 2.45) is 5.73 Å². The summed E-state index contributed by atoms with van der Waals surface area (Å²) in [6.45, 7) is 4.13. The minimum atomic E-state index is -0.100. The Bertz CT molecular complexity index is 446. The van der Waals surface area contributed by atoms with E-state index >= 15 is 0 Å². The monoisotopic (exact) mass is 266 g/mol. The molecule has 0 aliphatic heterocycles. The maximum Gasteiger partial charge on any atom is 0.254 e. The zero-order chi connectivity index (χ0) is 13.7. The SMILES string of the molecule is COc1cccc(C(=O)N(CC(N)=S)C(C)C)c1. The molecule has 98 valence electrons. The molecule has 0 atom stereocenters. The van der Waals surface area contributed by atoms with E-state index in [9.17, 15) is 4.79 Å². The Kier molecular flexibility index (Phi) is 5.09. The minimum Gasteiger partial charge on any atom is -0.497 e. The normalized spacial score (nSPS) is 10.2. The number of methoxy groups -OCH3 is 1. The van der Waals surface area contributed by atoms with Crippen LogP contribution in [-0.2, 0) is 0 Å². The molecule has 0 aliphatic rings. The van der Waals surface area contributed by atoms with E-state index < -0.39 is 0 Å². The fraction of sp³-hybridized carbons (Fsp3) is 0.385. The lowest BCUT2D eigenvalue weighted by Crippen LogP contribution is -2.42. The average molecular weight is 266 g/mol. The molecule has 0 spiro atoms. The first-order valence-corrected chi connectivity index (χ1v) is 6.10. The average Bonchev–Trinajstić information content (AvgIpc) is 2.34. The van der Waals surface area contributed by atoms with Crippen molar-refractivity contribution in [1.29, 1.82) is 0 Å². The van der Waals surface area contributed by atoms with Crippen molar-refractivity contribution in [2.75, 3.05) is 13.7 Å². The van der Waals surface area contributed by atoms with Crippen molar-refractivity contribution in [3.63, 3.8) is 0 Å². The Morgan fingerprint density at radius 3 is 2.67 bits per heavy atom. The summed E-state index contributed by atoms with van der Waals surface area (Å²) < 4.78 is 5.11. The van der Waals surface area contributed by atoms with Crippen LogP contribution in [0.3, 0.4) is 0 Å². The molecular formula is C13H18N2O2S. The number of thiocarbonyl (C=S) groups is 1. The number of rotatable bonds is 5. The summed E-state index contributed by atoms with van der Waals surface area (Å²) in [7, 11) is 1.57. The lowest BCUT2D eigenvalue weighted by molar-refractivity contribution is 0.0736. The number of hydrogen-bond acceptors (Lipinski definition) is 3. The Balaban J connectivity index is 2.97. The quantitative estimate of drug-likeness (QED) is 0.826. The van der Waals surface area contributed by atoms with Gasteiger partial charge in [-0.05, 0) is 32.0 Å². The van der Waals surface area contributed by atoms with Gasteiger partial charge in [0.2, 0.25) is 0 Å². The molecule has 0 aromatic heterocycles. The first-order chi connectivity index (χ1) is 8.45. The van der Waals surface area contributed by atoms with E-state index in [2.05, 4.69) is 0 Å². The van der Waals surface area contributed by atoms with Crippen molar-refractivity contribution in [2.45, 2.75) is 19.9 Å². The molecule has 4 nitrogen and oxygen atoms in total. The molecule has 1 rings (SSSR count). The summed E-state index contributed by atoms with van der Waals surface area (Å²) in [6.07, 6.45) is 0. The van der Waals surface area contributed by atoms with Crippen LogP contribution in [0.5, 0.6) is 5.75 Å². The van der Waals surface area contributed by atoms with Gasteiger partial charge in [-0.25, -0.2) is 0 Å². The maximum absolute atomic E-state index is 12.3. The van der Waals surface area contributed by atoms with Crippen LogP contribution >= 0.6 is 12.2 Å². The lowest BCUT2D eigenvalue weighted by atomic mass is 10.1. The zero-order valence-electron chi connectivity index (χ0n) is 10.8. The summed E-state index contributed by atoms with van der Waals surface area (Å²) in [6, 6.07) is 7.07. The Morgan fingerprint density at radius 1 is 1.50 bits per heavy atom. The fourth-order valence-electron chi connectivity index (χ4n) is 1.58. The topological polar surface area (TPSA) is 55.6 Å². The summed E-state index contributed by atoms with van der Waals surface area (Å²) in [5.74, 6) is 0.552. The van der Waals surface area contributed by atoms with Gasteiger partial charge in [0.1, 0.15) is 5.75 Å². The van der Waals surface area contributed by atoms with E-state index in [4.69, 9.17) is 22.7 Å². The molecule has 1 aromatic rings. The molecule has 0 aliphatic carbocycles. The summed E-state index contributed by atoms with van der Waals surface area (Å²) in [5, 5.41) is 0. The highest BCUT2D eigenvalue weighted by Gasteiger charge is 2.19. The van der Waals surface area contributed by atoms with Crippen LogP contribution < -0.4 is 10.5 Å². The fourth-order valence-corrected chi connectivity index (χ4v) is 1.72. The smallest absolute Gasteiger partial charge is 0.254 e. The molecule has 0 saturated heterocycles. The lowest BCUT2D eigenvalue weighted by Gasteiger charge is -2.26. The van der Waals surface area contributed by atoms with E-state index in [0.717, 1.165) is 0 Å². The summed E-state index contributed by atoms with van der Waals surface area (Å²) >= 11 is 4.87. The Hall–Kier alpha value is -1.62. The molecular weight excluding hydrogens is 248 g/mol. The van der Waals surface area contributed by atoms with Crippen LogP contribution in [0.1, 0.15) is 24.2 Å². The van der Waals surface area contributed by atoms with Crippen LogP contribution in [0.25, 0.3) is 0 Å². The van der Waals surface area contributed by atoms with Crippen LogP contribution in [0.4, 0.5) is 0 Å². The number of carbonyl (C=O) groups is 1. The van der Waals surface area contributed by atoms with Crippen molar-refractivity contribution >= 4 is 23.1 Å². The van der Waals surface area contributed by atoms with E-state index in [0.29, 0.717) is 16.3 Å². The second kappa shape index (κ2) is 6.35. The first-order valence-electron chi connectivity index (χ1n) is 5.69. The third-order valence-electron chi connectivity index (χ3n) is 2.53. The number of nitrogens with zero attached hydrogens (tertiary/aromatic N) is 1. The van der Waals surface area contributed by atoms with Gasteiger partial charge in [0, 0.05) is 11.6 Å². The second-order valence-corrected chi connectivity index (χ2v) is 4.75. The standard InChI is InChI=1S/C13H18N2O2S/c1-9(2)15(8-12(14)18)13(16)10-5-4-6-11(7-10)17-3/h4-7,9H,8H2,1-3H3,(H2,14,18). The van der Waals surface area contributed by atoms with Crippen molar-refractivity contribution in [3.8, 4) is 5.75 Å². The van der Waals surface area contributed by atoms with Gasteiger partial charge in [0.15, 0.2) is 0 Å². The molecule has 18 heavy (non-hydrogen) atoms. The van der Waals surface area contributed by atoms with E-state index in [1.165, 1.54) is 0 Å². The molecule has 1 aromatic carbocycles. The van der Waals surface area contributed by atoms with Gasteiger partial charge < -0.3 is 15.4 Å². The number of carbonyl (C=O) groups excluding carboxylic acids is 1. The number of amides is 1. The number of nitrogens with two attached hydrogens (primary N) is 1. The minimum absolute atomic E-state index is 0.0326. The van der Waals surface area contributed by atoms with Crippen molar-refractivity contribution < 1.29 is 9.53 Å². The van der Waals surface area contributed by atoms with E-state index in [1.807, 2.05) is 13.8 Å². The largest absolute Gasteiger partial charge is 0.497 e. The van der Waals surface area contributed by atoms with Crippen LogP contribution in [0.2, 0.25) is 0 Å². The van der Waals surface area contributed by atoms with Gasteiger partial charge in [0.25, 0.3) is 5.91 Å². The molecule has 0 saturated carbocycles. The maximum atomic E-state index is 12.3. The molecule has 0 heterocycles. The third-order valence-corrected chi connectivity index (χ3v) is 2.66. The summed E-state index contributed by atoms with van der Waals surface area (Å²) in [4.78, 5) is 14.3. The van der Waals surface area contributed by atoms with E-state index in [-0.39, 0.29) is 18.5 Å². The summed E-state index contributed by atoms with van der Waals surface area (Å²) in [5.41, 5.74) is 6.08. The van der Waals surface area contributed by atoms with Gasteiger partial charge in [-0.1, -0.05) is 18.3 Å². The Labute approximate surface area is 113 Å². The van der Waals surface area contributed by atoms with E-state index in [1.54, 1.807) is 36.3 Å². The van der Waals surface area contributed by atoms with Crippen molar-refractivity contribution in [3.05, 3.63) is 29.8 Å². The molecule has 2 N–H and O–H groups in total. The molecule has 0 fully saturated rings. The molecule has 0 radical (unpaired) electrons. The number of ether oxygens (including phenoxy) is 1. The van der Waals surface area contributed by atoms with Gasteiger partial charge >= 0.3 is 0 Å². The van der Waals surface area contributed by atoms with Gasteiger partial charge in [-0.2, -0.15) is 0 Å². The molecule has 0 unspecified atom stereocenters. The molecule has 1 amide bonds. The van der Waals surface area contributed by atoms with Crippen LogP contribution in [0, 0.1) is 0 Å². The predicted molar refractivity (Wildman–Crippen MR) is 76.0 cm³/mol. The zero-order valence-corrected chi connectivity index (χ0v) is 11.7. The second-order valence-electron chi connectivity index (χ2n) is 4.23. The first kappa shape index (κ1) is 14.4. The van der Waals surface area contributed by atoms with Gasteiger partial charge in [-0.15, -0.1) is 0 Å². The van der Waals surface area contributed by atoms with Gasteiger partial charge in [-0.3, -0.25) is 4.79 Å². The highest BCUT2D eigenvalue weighted by atomic mass is 32.1. The molecule has 5 heteroatoms. The highest BCUT2D eigenvalue weighted by Crippen LogP contribution is 2.15. The van der Waals surface area contributed by atoms with Gasteiger partial charge in [0.05, 0.1) is 18.6 Å². The predicted octanol–water partition coefficient (Wildman–Crippen LogP) is 1.83. The number of benzene rings is 1. The van der Waals surface area contributed by atoms with Crippen LogP contribution in [0.15, 0.2) is 24.3 Å². The number of hydrogen-bond donors (Lipinski definition) is 1. The molecule has 0 bridgehead atoms. The third kappa shape index (κ3) is 3.70.